The Hall–Kier alpha value is -2.88. The van der Waals surface area contributed by atoms with Crippen LogP contribution in [0.25, 0.3) is 0 Å². The summed E-state index contributed by atoms with van der Waals surface area (Å²) >= 11 is 3.11. The molecule has 3 aromatic rings. The molecular weight excluding hydrogens is 534 g/mol. The number of ether oxygens (including phenoxy) is 2. The van der Waals surface area contributed by atoms with Crippen LogP contribution < -0.4 is 4.74 Å². The number of nitrogens with zero attached hydrogens (tertiary/aromatic N) is 1. The predicted molar refractivity (Wildman–Crippen MR) is 142 cm³/mol. The highest BCUT2D eigenvalue weighted by molar-refractivity contribution is 9.10. The number of hydrogen-bond donors (Lipinski definition) is 0. The van der Waals surface area contributed by atoms with E-state index in [1.165, 1.54) is 29.0 Å². The van der Waals surface area contributed by atoms with Gasteiger partial charge in [0.1, 0.15) is 0 Å². The first-order valence-corrected chi connectivity index (χ1v) is 13.0. The van der Waals surface area contributed by atoms with Gasteiger partial charge in [-0.1, -0.05) is 62.6 Å². The summed E-state index contributed by atoms with van der Waals surface area (Å²) < 4.78 is 16.1. The fraction of sp³-hybridized carbons (Fsp3) is 0.269. The Morgan fingerprint density at radius 3 is 1.86 bits per heavy atom. The Morgan fingerprint density at radius 1 is 0.943 bits per heavy atom. The molecule has 0 aliphatic heterocycles. The van der Waals surface area contributed by atoms with E-state index in [1.807, 2.05) is 7.11 Å². The van der Waals surface area contributed by atoms with Crippen molar-refractivity contribution < 1.29 is 23.4 Å². The number of halogens is 1. The van der Waals surface area contributed by atoms with Crippen LogP contribution in [-0.2, 0) is 13.7 Å². The standard InChI is InChI=1S/C17H22OS.C9H8BrNO5/c1-17(2,3)19(18-4,15-11-7-5-8-12-15)16-13-9-6-10-14-16;1-15-9(12)5-16-8-3-2-6(10)4-7(8)11(13)14/h5-14H,1-4H3;2-4H,5H2,1H3. The Kier molecular flexibility index (Phi) is 10.3. The van der Waals surface area contributed by atoms with Gasteiger partial charge in [-0.05, 0) is 57.2 Å². The Bertz CT molecular complexity index is 1080. The molecule has 0 unspecified atom stereocenters. The zero-order valence-corrected chi connectivity index (χ0v) is 22.8. The largest absolute Gasteiger partial charge is 0.475 e. The van der Waals surface area contributed by atoms with Crippen molar-refractivity contribution in [2.75, 3.05) is 20.8 Å². The highest BCUT2D eigenvalue weighted by atomic mass is 79.9. The van der Waals surface area contributed by atoms with Crippen molar-refractivity contribution in [3.63, 3.8) is 0 Å². The molecule has 0 atom stereocenters. The molecule has 0 aliphatic rings. The summed E-state index contributed by atoms with van der Waals surface area (Å²) in [7, 11) is 1.54. The van der Waals surface area contributed by atoms with Crippen LogP contribution in [0.1, 0.15) is 20.8 Å². The van der Waals surface area contributed by atoms with Crippen LogP contribution in [0.15, 0.2) is 93.1 Å². The molecule has 0 fully saturated rings. The summed E-state index contributed by atoms with van der Waals surface area (Å²) in [6.45, 7) is 6.41. The van der Waals surface area contributed by atoms with Crippen LogP contribution >= 0.6 is 26.2 Å². The van der Waals surface area contributed by atoms with E-state index in [0.717, 1.165) is 0 Å². The molecule has 0 heterocycles. The number of nitro groups is 1. The monoisotopic (exact) mass is 563 g/mol. The second-order valence-electron chi connectivity index (χ2n) is 8.20. The lowest BCUT2D eigenvalue weighted by molar-refractivity contribution is -0.385. The predicted octanol–water partition coefficient (Wildman–Crippen LogP) is 7.18. The van der Waals surface area contributed by atoms with Crippen molar-refractivity contribution >= 4 is 37.9 Å². The fourth-order valence-electron chi connectivity index (χ4n) is 3.46. The number of carbonyl (C=O) groups is 1. The molecule has 0 amide bonds. The number of esters is 1. The van der Waals surface area contributed by atoms with Gasteiger partial charge in [0, 0.05) is 32.2 Å². The molecule has 0 bridgehead atoms. The molecule has 0 saturated heterocycles. The van der Waals surface area contributed by atoms with Crippen molar-refractivity contribution in [2.45, 2.75) is 35.3 Å². The van der Waals surface area contributed by atoms with Crippen LogP contribution in [0, 0.1) is 10.1 Å². The van der Waals surface area contributed by atoms with Crippen molar-refractivity contribution in [1.29, 1.82) is 0 Å². The smallest absolute Gasteiger partial charge is 0.343 e. The first kappa shape index (κ1) is 28.4. The van der Waals surface area contributed by atoms with Gasteiger partial charge in [0.2, 0.25) is 0 Å². The van der Waals surface area contributed by atoms with Gasteiger partial charge < -0.3 is 13.7 Å². The number of methoxy groups -OCH3 is 1. The molecule has 3 rings (SSSR count). The minimum Gasteiger partial charge on any atom is -0.475 e. The van der Waals surface area contributed by atoms with E-state index in [9.17, 15) is 14.9 Å². The third-order valence-electron chi connectivity index (χ3n) is 4.95. The van der Waals surface area contributed by atoms with E-state index < -0.39 is 21.2 Å². The van der Waals surface area contributed by atoms with Gasteiger partial charge in [0.15, 0.2) is 12.4 Å². The first-order valence-electron chi connectivity index (χ1n) is 10.7. The molecule has 3 aromatic carbocycles. The molecule has 0 spiro atoms. The summed E-state index contributed by atoms with van der Waals surface area (Å²) in [6.07, 6.45) is 0. The van der Waals surface area contributed by atoms with Crippen LogP contribution in [-0.4, -0.2) is 36.5 Å². The van der Waals surface area contributed by atoms with Crippen molar-refractivity contribution in [2.24, 2.45) is 0 Å². The van der Waals surface area contributed by atoms with Crippen molar-refractivity contribution in [1.82, 2.24) is 0 Å². The maximum atomic E-state index is 10.8. The van der Waals surface area contributed by atoms with E-state index in [2.05, 4.69) is 102 Å². The molecule has 0 saturated carbocycles. The zero-order valence-electron chi connectivity index (χ0n) is 20.4. The molecule has 9 heteroatoms. The lowest BCUT2D eigenvalue weighted by atomic mass is 10.3. The van der Waals surface area contributed by atoms with Gasteiger partial charge in [-0.15, -0.1) is 0 Å². The number of hydrogen-bond acceptors (Lipinski definition) is 6. The van der Waals surface area contributed by atoms with E-state index in [0.29, 0.717) is 4.47 Å². The van der Waals surface area contributed by atoms with Gasteiger partial charge in [0.05, 0.1) is 12.0 Å². The Balaban J connectivity index is 0.000000251. The van der Waals surface area contributed by atoms with E-state index in [-0.39, 0.29) is 22.8 Å². The summed E-state index contributed by atoms with van der Waals surface area (Å²) in [5.41, 5.74) is -0.210. The summed E-state index contributed by atoms with van der Waals surface area (Å²) in [5, 5.41) is 10.7. The highest BCUT2D eigenvalue weighted by Crippen LogP contribution is 2.70. The normalized spacial score (nSPS) is 11.6. The minimum atomic E-state index is -1.51. The van der Waals surface area contributed by atoms with Gasteiger partial charge in [-0.2, -0.15) is 0 Å². The number of nitro benzene ring substituents is 1. The summed E-state index contributed by atoms with van der Waals surface area (Å²) in [5.74, 6) is -0.573. The number of benzene rings is 3. The topological polar surface area (TPSA) is 87.9 Å². The zero-order chi connectivity index (χ0) is 26.1. The molecule has 0 radical (unpaired) electrons. The van der Waals surface area contributed by atoms with E-state index >= 15 is 0 Å². The number of rotatable bonds is 7. The SMILES string of the molecule is COC(=O)COc1ccc(Br)cc1[N+](=O)[O-].COS(c1ccccc1)(c1ccccc1)C(C)(C)C. The summed E-state index contributed by atoms with van der Waals surface area (Å²) in [6, 6.07) is 25.5. The third-order valence-corrected chi connectivity index (χ3v) is 9.54. The maximum absolute atomic E-state index is 10.8. The molecule has 7 nitrogen and oxygen atoms in total. The second-order valence-corrected chi connectivity index (χ2v) is 12.7. The average molecular weight is 564 g/mol. The van der Waals surface area contributed by atoms with Crippen LogP contribution in [0.4, 0.5) is 5.69 Å². The maximum Gasteiger partial charge on any atom is 0.343 e. The lowest BCUT2D eigenvalue weighted by Gasteiger charge is -2.49. The van der Waals surface area contributed by atoms with Crippen LogP contribution in [0.2, 0.25) is 0 Å². The van der Waals surface area contributed by atoms with Gasteiger partial charge in [0.25, 0.3) is 0 Å². The van der Waals surface area contributed by atoms with Crippen molar-refractivity contribution in [3.8, 4) is 5.75 Å². The van der Waals surface area contributed by atoms with Gasteiger partial charge in [-0.25, -0.2) is 4.79 Å². The number of carbonyl (C=O) groups excluding carboxylic acids is 1. The van der Waals surface area contributed by atoms with Crippen LogP contribution in [0.5, 0.6) is 5.75 Å². The molecule has 0 N–H and O–H groups in total. The lowest BCUT2D eigenvalue weighted by Crippen LogP contribution is -2.26. The van der Waals surface area contributed by atoms with E-state index in [1.54, 1.807) is 6.07 Å². The highest BCUT2D eigenvalue weighted by Gasteiger charge is 2.40. The minimum absolute atomic E-state index is 0.0265. The van der Waals surface area contributed by atoms with Crippen molar-refractivity contribution in [3.05, 3.63) is 93.4 Å². The Morgan fingerprint density at radius 2 is 1.46 bits per heavy atom. The molecule has 188 valence electrons. The van der Waals surface area contributed by atoms with E-state index in [4.69, 9.17) is 8.92 Å². The summed E-state index contributed by atoms with van der Waals surface area (Å²) in [4.78, 5) is 23.4. The molecular formula is C26H30BrNO6S. The fourth-order valence-corrected chi connectivity index (χ4v) is 7.46. The van der Waals surface area contributed by atoms with Gasteiger partial charge >= 0.3 is 11.7 Å². The molecule has 35 heavy (non-hydrogen) atoms. The Labute approximate surface area is 216 Å². The first-order chi connectivity index (χ1) is 16.6. The van der Waals surface area contributed by atoms with Crippen LogP contribution in [0.3, 0.4) is 0 Å². The molecule has 0 aliphatic carbocycles. The van der Waals surface area contributed by atoms with Gasteiger partial charge in [-0.3, -0.25) is 10.1 Å². The molecule has 0 aromatic heterocycles. The second kappa shape index (κ2) is 12.7. The third kappa shape index (κ3) is 7.06. The average Bonchev–Trinajstić information content (AvgIpc) is 2.84. The quantitative estimate of drug-likeness (QED) is 0.172.